The summed E-state index contributed by atoms with van der Waals surface area (Å²) < 4.78 is 32.5. The normalized spacial score (nSPS) is 12.1. The molecule has 0 atom stereocenters. The molecule has 1 heterocycles. The highest BCUT2D eigenvalue weighted by Crippen LogP contribution is 2.36. The van der Waals surface area contributed by atoms with Crippen LogP contribution in [-0.4, -0.2) is 37.7 Å². The van der Waals surface area contributed by atoms with Crippen molar-refractivity contribution in [1.82, 2.24) is 4.31 Å². The summed E-state index contributed by atoms with van der Waals surface area (Å²) in [6.07, 6.45) is 0.464. The van der Waals surface area contributed by atoms with Gasteiger partial charge in [0.1, 0.15) is 17.1 Å². The van der Waals surface area contributed by atoms with E-state index in [2.05, 4.69) is 31.9 Å². The standard InChI is InChI=1S/C19H17Br2NO5S/c1-4-15-17(18(23)10-7-13(20)19(24)14(21)8-10)12-6-5-11(9-16(12)27-15)28(25,26)22(2)3/h5-9,24H,4H2,1-3H3. The van der Waals surface area contributed by atoms with Gasteiger partial charge in [0.05, 0.1) is 19.4 Å². The summed E-state index contributed by atoms with van der Waals surface area (Å²) in [5, 5.41) is 10.4. The monoisotopic (exact) mass is 529 g/mol. The third-order valence-electron chi connectivity index (χ3n) is 4.34. The van der Waals surface area contributed by atoms with E-state index in [1.165, 1.54) is 38.4 Å². The summed E-state index contributed by atoms with van der Waals surface area (Å²) in [4.78, 5) is 13.3. The van der Waals surface area contributed by atoms with E-state index in [1.54, 1.807) is 6.07 Å². The van der Waals surface area contributed by atoms with Gasteiger partial charge in [-0.05, 0) is 56.1 Å². The molecule has 0 aliphatic heterocycles. The maximum absolute atomic E-state index is 13.2. The predicted octanol–water partition coefficient (Wildman–Crippen LogP) is 4.71. The van der Waals surface area contributed by atoms with E-state index < -0.39 is 10.0 Å². The Morgan fingerprint density at radius 1 is 1.14 bits per heavy atom. The first-order valence-electron chi connectivity index (χ1n) is 8.28. The van der Waals surface area contributed by atoms with Crippen molar-refractivity contribution in [1.29, 1.82) is 0 Å². The van der Waals surface area contributed by atoms with Gasteiger partial charge in [0.15, 0.2) is 5.78 Å². The molecule has 6 nitrogen and oxygen atoms in total. The zero-order valence-electron chi connectivity index (χ0n) is 15.3. The summed E-state index contributed by atoms with van der Waals surface area (Å²) >= 11 is 6.46. The van der Waals surface area contributed by atoms with Crippen LogP contribution in [0.3, 0.4) is 0 Å². The van der Waals surface area contributed by atoms with Gasteiger partial charge in [-0.15, -0.1) is 0 Å². The number of furan rings is 1. The van der Waals surface area contributed by atoms with E-state index in [1.807, 2.05) is 6.92 Å². The SMILES string of the molecule is CCc1oc2cc(S(=O)(=O)N(C)C)ccc2c1C(=O)c1cc(Br)c(O)c(Br)c1. The van der Waals surface area contributed by atoms with Gasteiger partial charge in [-0.3, -0.25) is 4.79 Å². The molecule has 0 unspecified atom stereocenters. The Hall–Kier alpha value is -1.68. The largest absolute Gasteiger partial charge is 0.506 e. The molecule has 2 aromatic carbocycles. The van der Waals surface area contributed by atoms with Crippen molar-refractivity contribution in [2.24, 2.45) is 0 Å². The molecule has 0 saturated carbocycles. The fourth-order valence-electron chi connectivity index (χ4n) is 2.84. The molecule has 0 saturated heterocycles. The average molecular weight is 531 g/mol. The van der Waals surface area contributed by atoms with Gasteiger partial charge in [-0.1, -0.05) is 6.92 Å². The van der Waals surface area contributed by atoms with Crippen molar-refractivity contribution >= 4 is 58.6 Å². The number of halogens is 2. The van der Waals surface area contributed by atoms with Crippen LogP contribution < -0.4 is 0 Å². The molecule has 0 aliphatic rings. The van der Waals surface area contributed by atoms with Crippen LogP contribution in [0.4, 0.5) is 0 Å². The first-order chi connectivity index (χ1) is 13.1. The van der Waals surface area contributed by atoms with Crippen LogP contribution in [-0.2, 0) is 16.4 Å². The van der Waals surface area contributed by atoms with Crippen molar-refractivity contribution < 1.29 is 22.7 Å². The van der Waals surface area contributed by atoms with Gasteiger partial charge >= 0.3 is 0 Å². The number of fused-ring (bicyclic) bond motifs is 1. The van der Waals surface area contributed by atoms with E-state index >= 15 is 0 Å². The highest BCUT2D eigenvalue weighted by atomic mass is 79.9. The summed E-state index contributed by atoms with van der Waals surface area (Å²) in [5.41, 5.74) is 1.08. The first-order valence-corrected chi connectivity index (χ1v) is 11.3. The van der Waals surface area contributed by atoms with Crippen molar-refractivity contribution in [2.45, 2.75) is 18.2 Å². The number of ketones is 1. The number of aromatic hydroxyl groups is 1. The number of hydrogen-bond acceptors (Lipinski definition) is 5. The summed E-state index contributed by atoms with van der Waals surface area (Å²) in [7, 11) is -0.713. The molecule has 1 N–H and O–H groups in total. The Morgan fingerprint density at radius 2 is 1.75 bits per heavy atom. The van der Waals surface area contributed by atoms with Crippen molar-refractivity contribution in [3.63, 3.8) is 0 Å². The zero-order chi connectivity index (χ0) is 20.8. The van der Waals surface area contributed by atoms with Crippen molar-refractivity contribution in [2.75, 3.05) is 14.1 Å². The van der Waals surface area contributed by atoms with Gasteiger partial charge in [-0.2, -0.15) is 0 Å². The van der Waals surface area contributed by atoms with Crippen LogP contribution in [0.5, 0.6) is 5.75 Å². The number of rotatable bonds is 5. The number of nitrogens with zero attached hydrogens (tertiary/aromatic N) is 1. The third-order valence-corrected chi connectivity index (χ3v) is 7.36. The lowest BCUT2D eigenvalue weighted by Crippen LogP contribution is -2.22. The Bertz CT molecular complexity index is 1180. The zero-order valence-corrected chi connectivity index (χ0v) is 19.3. The fraction of sp³-hybridized carbons (Fsp3) is 0.211. The van der Waals surface area contributed by atoms with E-state index in [0.29, 0.717) is 43.2 Å². The van der Waals surface area contributed by atoms with E-state index in [0.717, 1.165) is 4.31 Å². The fourth-order valence-corrected chi connectivity index (χ4v) is 4.94. The lowest BCUT2D eigenvalue weighted by Gasteiger charge is -2.10. The molecule has 3 aromatic rings. The second-order valence-corrected chi connectivity index (χ2v) is 10.2. The summed E-state index contributed by atoms with van der Waals surface area (Å²) in [6.45, 7) is 1.86. The van der Waals surface area contributed by atoms with Gasteiger partial charge in [0, 0.05) is 37.5 Å². The number of phenols is 1. The second-order valence-electron chi connectivity index (χ2n) is 6.32. The smallest absolute Gasteiger partial charge is 0.242 e. The Kier molecular flexibility index (Phi) is 5.73. The van der Waals surface area contributed by atoms with Crippen LogP contribution in [0, 0.1) is 0 Å². The molecule has 0 spiro atoms. The number of carbonyl (C=O) groups is 1. The molecule has 28 heavy (non-hydrogen) atoms. The highest BCUT2D eigenvalue weighted by molar-refractivity contribution is 9.11. The molecule has 3 rings (SSSR count). The second kappa shape index (κ2) is 7.62. The molecule has 0 bridgehead atoms. The van der Waals surface area contributed by atoms with Crippen LogP contribution >= 0.6 is 31.9 Å². The molecule has 0 amide bonds. The Labute approximate surface area is 179 Å². The van der Waals surface area contributed by atoms with Crippen molar-refractivity contribution in [3.05, 3.63) is 56.2 Å². The molecule has 148 valence electrons. The quantitative estimate of drug-likeness (QED) is 0.483. The van der Waals surface area contributed by atoms with E-state index in [9.17, 15) is 18.3 Å². The minimum absolute atomic E-state index is 0.00264. The van der Waals surface area contributed by atoms with Crippen LogP contribution in [0.15, 0.2) is 48.6 Å². The predicted molar refractivity (Wildman–Crippen MR) is 113 cm³/mol. The number of phenolic OH excluding ortho intramolecular Hbond substituents is 1. The number of carbonyl (C=O) groups excluding carboxylic acids is 1. The number of benzene rings is 2. The van der Waals surface area contributed by atoms with Crippen LogP contribution in [0.1, 0.15) is 28.6 Å². The Morgan fingerprint density at radius 3 is 2.29 bits per heavy atom. The van der Waals surface area contributed by atoms with Gasteiger partial charge < -0.3 is 9.52 Å². The average Bonchev–Trinajstić information content (AvgIpc) is 3.02. The minimum atomic E-state index is -3.62. The van der Waals surface area contributed by atoms with E-state index in [-0.39, 0.29) is 16.4 Å². The maximum Gasteiger partial charge on any atom is 0.242 e. The lowest BCUT2D eigenvalue weighted by molar-refractivity contribution is 0.103. The van der Waals surface area contributed by atoms with Gasteiger partial charge in [0.25, 0.3) is 0 Å². The molecule has 0 fully saturated rings. The highest BCUT2D eigenvalue weighted by Gasteiger charge is 2.25. The summed E-state index contributed by atoms with van der Waals surface area (Å²) in [5.74, 6) is 0.197. The summed E-state index contributed by atoms with van der Waals surface area (Å²) in [6, 6.07) is 7.55. The van der Waals surface area contributed by atoms with Gasteiger partial charge in [0.2, 0.25) is 10.0 Å². The Balaban J connectivity index is 2.20. The van der Waals surface area contributed by atoms with Crippen molar-refractivity contribution in [3.8, 4) is 5.75 Å². The van der Waals surface area contributed by atoms with E-state index in [4.69, 9.17) is 4.42 Å². The van der Waals surface area contributed by atoms with Gasteiger partial charge in [-0.25, -0.2) is 12.7 Å². The topological polar surface area (TPSA) is 87.8 Å². The maximum atomic E-state index is 13.2. The molecule has 9 heteroatoms. The molecule has 0 aliphatic carbocycles. The first kappa shape index (κ1) is 21.0. The molecular weight excluding hydrogens is 514 g/mol. The molecule has 1 aromatic heterocycles. The van der Waals surface area contributed by atoms with Crippen LogP contribution in [0.25, 0.3) is 11.0 Å². The third kappa shape index (κ3) is 3.52. The number of hydrogen-bond donors (Lipinski definition) is 1. The molecule has 0 radical (unpaired) electrons. The molecular formula is C19H17Br2NO5S. The number of aryl methyl sites for hydroxylation is 1. The lowest BCUT2D eigenvalue weighted by atomic mass is 9.99. The van der Waals surface area contributed by atoms with Crippen LogP contribution in [0.2, 0.25) is 0 Å². The minimum Gasteiger partial charge on any atom is -0.506 e. The number of sulfonamides is 1.